The van der Waals surface area contributed by atoms with Crippen LogP contribution in [-0.4, -0.2) is 28.7 Å². The van der Waals surface area contributed by atoms with Crippen molar-refractivity contribution in [1.29, 1.82) is 0 Å². The molecule has 0 bridgehead atoms. The van der Waals surface area contributed by atoms with Crippen LogP contribution in [0.5, 0.6) is 5.88 Å². The molecule has 1 heterocycles. The van der Waals surface area contributed by atoms with Gasteiger partial charge in [-0.25, -0.2) is 4.98 Å². The second-order valence-electron chi connectivity index (χ2n) is 4.21. The average Bonchev–Trinajstić information content (AvgIpc) is 2.98. The molecule has 1 aliphatic rings. The van der Waals surface area contributed by atoms with Crippen LogP contribution in [0.4, 0.5) is 5.95 Å². The van der Waals surface area contributed by atoms with Gasteiger partial charge in [0.25, 0.3) is 0 Å². The molecule has 0 aliphatic heterocycles. The molecule has 5 nitrogen and oxygen atoms in total. The molecule has 1 aromatic heterocycles. The van der Waals surface area contributed by atoms with E-state index in [1.807, 2.05) is 19.9 Å². The zero-order valence-corrected chi connectivity index (χ0v) is 9.79. The Morgan fingerprint density at radius 2 is 2.25 bits per heavy atom. The monoisotopic (exact) mass is 222 g/mol. The predicted octanol–water partition coefficient (Wildman–Crippen LogP) is 1.09. The molecule has 1 aliphatic carbocycles. The highest BCUT2D eigenvalue weighted by molar-refractivity contribution is 5.37. The van der Waals surface area contributed by atoms with Crippen LogP contribution in [0.2, 0.25) is 0 Å². The molecule has 1 aromatic rings. The number of ether oxygens (including phenoxy) is 1. The predicted molar refractivity (Wildman–Crippen MR) is 62.6 cm³/mol. The molecule has 0 radical (unpaired) electrons. The molecule has 1 fully saturated rings. The Kier molecular flexibility index (Phi) is 2.96. The van der Waals surface area contributed by atoms with Crippen LogP contribution in [0.3, 0.4) is 0 Å². The first kappa shape index (κ1) is 11.1. The molecule has 0 saturated heterocycles. The van der Waals surface area contributed by atoms with Crippen molar-refractivity contribution in [3.8, 4) is 5.88 Å². The van der Waals surface area contributed by atoms with Crippen molar-refractivity contribution in [1.82, 2.24) is 9.97 Å². The molecule has 0 spiro atoms. The Hall–Kier alpha value is -1.36. The maximum atomic E-state index is 5.70. The second-order valence-corrected chi connectivity index (χ2v) is 4.21. The quantitative estimate of drug-likeness (QED) is 0.780. The van der Waals surface area contributed by atoms with Crippen LogP contribution in [0.1, 0.15) is 25.5 Å². The summed E-state index contributed by atoms with van der Waals surface area (Å²) in [5.74, 6) is 1.23. The number of hydrogen-bond donors (Lipinski definition) is 2. The number of nitrogens with two attached hydrogens (primary N) is 1. The van der Waals surface area contributed by atoms with Gasteiger partial charge in [-0.3, -0.25) is 0 Å². The van der Waals surface area contributed by atoms with Crippen LogP contribution in [0.25, 0.3) is 0 Å². The molecule has 16 heavy (non-hydrogen) atoms. The molecule has 1 saturated carbocycles. The van der Waals surface area contributed by atoms with E-state index in [1.54, 1.807) is 0 Å². The van der Waals surface area contributed by atoms with Crippen molar-refractivity contribution in [2.75, 3.05) is 18.5 Å². The molecule has 5 heteroatoms. The summed E-state index contributed by atoms with van der Waals surface area (Å²) in [7, 11) is 0. The molecule has 3 N–H and O–H groups in total. The van der Waals surface area contributed by atoms with E-state index in [2.05, 4.69) is 15.3 Å². The fourth-order valence-electron chi connectivity index (χ4n) is 1.59. The summed E-state index contributed by atoms with van der Waals surface area (Å²) in [6, 6.07) is 1.83. The van der Waals surface area contributed by atoms with E-state index >= 15 is 0 Å². The van der Waals surface area contributed by atoms with E-state index in [-0.39, 0.29) is 5.54 Å². The van der Waals surface area contributed by atoms with Crippen LogP contribution in [0.15, 0.2) is 6.07 Å². The zero-order valence-electron chi connectivity index (χ0n) is 9.79. The van der Waals surface area contributed by atoms with Gasteiger partial charge in [0.1, 0.15) is 0 Å². The van der Waals surface area contributed by atoms with Gasteiger partial charge in [-0.05, 0) is 26.7 Å². The number of anilines is 1. The molecule has 0 aromatic carbocycles. The van der Waals surface area contributed by atoms with Gasteiger partial charge in [-0.2, -0.15) is 4.98 Å². The Balaban J connectivity index is 2.14. The highest BCUT2D eigenvalue weighted by atomic mass is 16.5. The van der Waals surface area contributed by atoms with E-state index in [0.29, 0.717) is 25.0 Å². The first-order chi connectivity index (χ1) is 7.67. The number of aromatic nitrogens is 2. The van der Waals surface area contributed by atoms with E-state index < -0.39 is 0 Å². The number of rotatable bonds is 5. The summed E-state index contributed by atoms with van der Waals surface area (Å²) < 4.78 is 5.37. The molecule has 0 atom stereocenters. The normalized spacial score (nSPS) is 16.9. The number of hydrogen-bond acceptors (Lipinski definition) is 5. The standard InChI is InChI=1S/C11H18N4O/c1-3-16-9-6-8(2)13-10(14-9)15-11(7-12)4-5-11/h6H,3-5,7,12H2,1-2H3,(H,13,14,15). The lowest BCUT2D eigenvalue weighted by molar-refractivity contribution is 0.326. The van der Waals surface area contributed by atoms with E-state index in [4.69, 9.17) is 10.5 Å². The third-order valence-electron chi connectivity index (χ3n) is 2.74. The first-order valence-electron chi connectivity index (χ1n) is 5.64. The molecule has 88 valence electrons. The molecular formula is C11H18N4O. The van der Waals surface area contributed by atoms with E-state index in [0.717, 1.165) is 18.5 Å². The lowest BCUT2D eigenvalue weighted by Gasteiger charge is -2.15. The largest absolute Gasteiger partial charge is 0.478 e. The first-order valence-corrected chi connectivity index (χ1v) is 5.64. The Labute approximate surface area is 95.4 Å². The van der Waals surface area contributed by atoms with E-state index in [1.165, 1.54) is 0 Å². The van der Waals surface area contributed by atoms with Crippen molar-refractivity contribution in [3.05, 3.63) is 11.8 Å². The molecule has 0 amide bonds. The van der Waals surface area contributed by atoms with Crippen LogP contribution >= 0.6 is 0 Å². The molecule has 0 unspecified atom stereocenters. The fourth-order valence-corrected chi connectivity index (χ4v) is 1.59. The van der Waals surface area contributed by atoms with Gasteiger partial charge in [0.2, 0.25) is 11.8 Å². The number of nitrogens with zero attached hydrogens (tertiary/aromatic N) is 2. The maximum absolute atomic E-state index is 5.70. The summed E-state index contributed by atoms with van der Waals surface area (Å²) in [5, 5.41) is 3.29. The van der Waals surface area contributed by atoms with Crippen molar-refractivity contribution in [3.63, 3.8) is 0 Å². The Bertz CT molecular complexity index is 376. The Morgan fingerprint density at radius 1 is 1.50 bits per heavy atom. The van der Waals surface area contributed by atoms with Crippen LogP contribution < -0.4 is 15.8 Å². The average molecular weight is 222 g/mol. The highest BCUT2D eigenvalue weighted by Crippen LogP contribution is 2.37. The van der Waals surface area contributed by atoms with Gasteiger partial charge < -0.3 is 15.8 Å². The van der Waals surface area contributed by atoms with Gasteiger partial charge >= 0.3 is 0 Å². The molecule has 2 rings (SSSR count). The van der Waals surface area contributed by atoms with E-state index in [9.17, 15) is 0 Å². The van der Waals surface area contributed by atoms with Crippen LogP contribution in [0, 0.1) is 6.92 Å². The van der Waals surface area contributed by atoms with Gasteiger partial charge in [0.05, 0.1) is 12.1 Å². The van der Waals surface area contributed by atoms with Gasteiger partial charge in [0.15, 0.2) is 0 Å². The summed E-state index contributed by atoms with van der Waals surface area (Å²) >= 11 is 0. The minimum atomic E-state index is 0.0251. The van der Waals surface area contributed by atoms with Gasteiger partial charge in [-0.15, -0.1) is 0 Å². The number of aryl methyl sites for hydroxylation is 1. The summed E-state index contributed by atoms with van der Waals surface area (Å²) in [4.78, 5) is 8.63. The third kappa shape index (κ3) is 2.41. The smallest absolute Gasteiger partial charge is 0.226 e. The maximum Gasteiger partial charge on any atom is 0.226 e. The Morgan fingerprint density at radius 3 is 2.81 bits per heavy atom. The highest BCUT2D eigenvalue weighted by Gasteiger charge is 2.41. The topological polar surface area (TPSA) is 73.1 Å². The zero-order chi connectivity index (χ0) is 11.6. The van der Waals surface area contributed by atoms with Crippen molar-refractivity contribution in [2.24, 2.45) is 5.73 Å². The summed E-state index contributed by atoms with van der Waals surface area (Å²) in [5.41, 5.74) is 6.62. The summed E-state index contributed by atoms with van der Waals surface area (Å²) in [6.07, 6.45) is 2.18. The fraction of sp³-hybridized carbons (Fsp3) is 0.636. The van der Waals surface area contributed by atoms with Gasteiger partial charge in [-0.1, -0.05) is 0 Å². The minimum Gasteiger partial charge on any atom is -0.478 e. The number of nitrogens with one attached hydrogen (secondary N) is 1. The van der Waals surface area contributed by atoms with Gasteiger partial charge in [0, 0.05) is 18.3 Å². The summed E-state index contributed by atoms with van der Waals surface area (Å²) in [6.45, 7) is 5.09. The van der Waals surface area contributed by atoms with Crippen LogP contribution in [-0.2, 0) is 0 Å². The third-order valence-corrected chi connectivity index (χ3v) is 2.74. The SMILES string of the molecule is CCOc1cc(C)nc(NC2(CN)CC2)n1. The lowest BCUT2D eigenvalue weighted by atomic mass is 10.3. The van der Waals surface area contributed by atoms with Crippen molar-refractivity contribution in [2.45, 2.75) is 32.2 Å². The van der Waals surface area contributed by atoms with Crippen molar-refractivity contribution >= 4 is 5.95 Å². The second kappa shape index (κ2) is 4.25. The lowest BCUT2D eigenvalue weighted by Crippen LogP contribution is -2.31. The molecular weight excluding hydrogens is 204 g/mol. The van der Waals surface area contributed by atoms with Crippen molar-refractivity contribution < 1.29 is 4.74 Å². The minimum absolute atomic E-state index is 0.0251.